The number of para-hydroxylation sites is 1. The number of hydrogen-bond acceptors (Lipinski definition) is 6. The number of methoxy groups -OCH3 is 2. The van der Waals surface area contributed by atoms with Gasteiger partial charge in [-0.15, -0.1) is 6.58 Å². The predicted molar refractivity (Wildman–Crippen MR) is 182 cm³/mol. The number of rotatable bonds is 11. The number of hydrogen-bond donors (Lipinski definition) is 0. The van der Waals surface area contributed by atoms with E-state index in [1.54, 1.807) is 32.6 Å². The predicted octanol–water partition coefficient (Wildman–Crippen LogP) is 8.36. The Hall–Kier alpha value is -4.88. The summed E-state index contributed by atoms with van der Waals surface area (Å²) in [4.78, 5) is 18.8. The van der Waals surface area contributed by atoms with Crippen LogP contribution in [0.5, 0.6) is 17.2 Å². The first-order chi connectivity index (χ1) is 21.7. The standard InChI is InChI=1S/C37H36ClN3O4/c1-7-10-27-18-26(19-34(44-6)35(27)45-22-25-13-15-28(38)16-14-25)21-39-41-36(40-32-12-9-8-11-29(32)37(41)42)31-20-30(23(2)3)33(43-5)17-24(31)4/h7-9,11-21,23H,1,10,22H2,2-6H3. The van der Waals surface area contributed by atoms with Gasteiger partial charge in [0.1, 0.15) is 12.4 Å². The first kappa shape index (κ1) is 31.5. The van der Waals surface area contributed by atoms with Crippen LogP contribution in [-0.2, 0) is 13.0 Å². The average Bonchev–Trinajstić information content (AvgIpc) is 3.04. The molecule has 0 spiro atoms. The minimum absolute atomic E-state index is 0.194. The van der Waals surface area contributed by atoms with Gasteiger partial charge < -0.3 is 14.2 Å². The van der Waals surface area contributed by atoms with Gasteiger partial charge in [0.15, 0.2) is 17.3 Å². The molecule has 8 heteroatoms. The summed E-state index contributed by atoms with van der Waals surface area (Å²) in [7, 11) is 3.26. The van der Waals surface area contributed by atoms with E-state index in [1.165, 1.54) is 4.68 Å². The first-order valence-electron chi connectivity index (χ1n) is 14.7. The molecule has 0 unspecified atom stereocenters. The Balaban J connectivity index is 1.62. The lowest BCUT2D eigenvalue weighted by molar-refractivity contribution is 0.282. The molecule has 4 aromatic carbocycles. The van der Waals surface area contributed by atoms with Gasteiger partial charge in [-0.3, -0.25) is 4.79 Å². The van der Waals surface area contributed by atoms with E-state index in [9.17, 15) is 4.79 Å². The number of aryl methyl sites for hydroxylation is 1. The van der Waals surface area contributed by atoms with E-state index < -0.39 is 0 Å². The van der Waals surface area contributed by atoms with Crippen LogP contribution < -0.4 is 19.8 Å². The third kappa shape index (κ3) is 6.79. The maximum Gasteiger partial charge on any atom is 0.282 e. The van der Waals surface area contributed by atoms with E-state index in [0.29, 0.717) is 46.3 Å². The van der Waals surface area contributed by atoms with Crippen LogP contribution in [0.25, 0.3) is 22.3 Å². The number of benzene rings is 4. The lowest BCUT2D eigenvalue weighted by Crippen LogP contribution is -2.21. The second kappa shape index (κ2) is 13.8. The van der Waals surface area contributed by atoms with Gasteiger partial charge in [-0.25, -0.2) is 4.98 Å². The van der Waals surface area contributed by atoms with Crippen LogP contribution in [0, 0.1) is 6.92 Å². The fourth-order valence-electron chi connectivity index (χ4n) is 5.21. The molecule has 0 amide bonds. The summed E-state index contributed by atoms with van der Waals surface area (Å²) in [5.41, 5.74) is 5.64. The van der Waals surface area contributed by atoms with E-state index in [-0.39, 0.29) is 11.5 Å². The molecule has 0 aliphatic carbocycles. The van der Waals surface area contributed by atoms with Crippen LogP contribution >= 0.6 is 11.6 Å². The van der Waals surface area contributed by atoms with Gasteiger partial charge in [0, 0.05) is 16.1 Å². The largest absolute Gasteiger partial charge is 0.496 e. The molecule has 0 aliphatic heterocycles. The fraction of sp³-hybridized carbons (Fsp3) is 0.216. The minimum atomic E-state index is -0.269. The number of aromatic nitrogens is 2. The van der Waals surface area contributed by atoms with E-state index in [0.717, 1.165) is 39.1 Å². The molecule has 5 aromatic rings. The number of ether oxygens (including phenoxy) is 3. The van der Waals surface area contributed by atoms with Crippen LogP contribution in [0.1, 0.15) is 47.6 Å². The Labute approximate surface area is 268 Å². The molecule has 0 bridgehead atoms. The van der Waals surface area contributed by atoms with Crippen LogP contribution in [0.2, 0.25) is 5.02 Å². The molecule has 1 aromatic heterocycles. The van der Waals surface area contributed by atoms with Crippen molar-refractivity contribution in [2.45, 2.75) is 39.7 Å². The Morgan fingerprint density at radius 3 is 2.42 bits per heavy atom. The topological polar surface area (TPSA) is 74.9 Å². The van der Waals surface area contributed by atoms with Crippen molar-refractivity contribution in [1.29, 1.82) is 0 Å². The van der Waals surface area contributed by atoms with Gasteiger partial charge in [-0.05, 0) is 90.0 Å². The number of allylic oxidation sites excluding steroid dienone is 1. The molecule has 0 saturated heterocycles. The van der Waals surface area contributed by atoms with Crippen molar-refractivity contribution in [3.8, 4) is 28.6 Å². The van der Waals surface area contributed by atoms with E-state index >= 15 is 0 Å². The summed E-state index contributed by atoms with van der Waals surface area (Å²) < 4.78 is 19.0. The summed E-state index contributed by atoms with van der Waals surface area (Å²) in [6, 6.07) is 22.6. The SMILES string of the molecule is C=CCc1cc(C=Nn2c(-c3cc(C(C)C)c(OC)cc3C)nc3ccccc3c2=O)cc(OC)c1OCc1ccc(Cl)cc1. The highest BCUT2D eigenvalue weighted by molar-refractivity contribution is 6.30. The zero-order chi connectivity index (χ0) is 32.1. The highest BCUT2D eigenvalue weighted by atomic mass is 35.5. The Morgan fingerprint density at radius 2 is 1.73 bits per heavy atom. The molecule has 1 heterocycles. The van der Waals surface area contributed by atoms with Gasteiger partial charge in [0.05, 0.1) is 31.3 Å². The van der Waals surface area contributed by atoms with E-state index in [4.69, 9.17) is 35.9 Å². The normalized spacial score (nSPS) is 11.4. The maximum atomic E-state index is 13.9. The van der Waals surface area contributed by atoms with Crippen molar-refractivity contribution >= 4 is 28.7 Å². The third-order valence-electron chi connectivity index (χ3n) is 7.55. The second-order valence-corrected chi connectivity index (χ2v) is 11.4. The van der Waals surface area contributed by atoms with Crippen molar-refractivity contribution in [2.75, 3.05) is 14.2 Å². The number of halogens is 1. The van der Waals surface area contributed by atoms with Gasteiger partial charge in [0.25, 0.3) is 5.56 Å². The van der Waals surface area contributed by atoms with Gasteiger partial charge in [-0.2, -0.15) is 9.78 Å². The van der Waals surface area contributed by atoms with Crippen LogP contribution in [0.4, 0.5) is 0 Å². The molecule has 230 valence electrons. The highest BCUT2D eigenvalue weighted by Gasteiger charge is 2.19. The van der Waals surface area contributed by atoms with Crippen molar-refractivity contribution in [3.05, 3.63) is 129 Å². The molecule has 45 heavy (non-hydrogen) atoms. The molecular formula is C37H36ClN3O4. The van der Waals surface area contributed by atoms with Crippen LogP contribution in [0.3, 0.4) is 0 Å². The molecule has 0 radical (unpaired) electrons. The Kier molecular flexibility index (Phi) is 9.69. The van der Waals surface area contributed by atoms with Gasteiger partial charge in [-0.1, -0.05) is 55.8 Å². The maximum absolute atomic E-state index is 13.9. The average molecular weight is 622 g/mol. The Bertz CT molecular complexity index is 1950. The molecule has 0 atom stereocenters. The summed E-state index contributed by atoms with van der Waals surface area (Å²) in [5.74, 6) is 2.59. The molecule has 0 N–H and O–H groups in total. The van der Waals surface area contributed by atoms with Crippen LogP contribution in [-0.4, -0.2) is 30.1 Å². The monoisotopic (exact) mass is 621 g/mol. The van der Waals surface area contributed by atoms with Crippen LogP contribution in [0.15, 0.2) is 95.3 Å². The number of fused-ring (bicyclic) bond motifs is 1. The van der Waals surface area contributed by atoms with Gasteiger partial charge in [0.2, 0.25) is 0 Å². The summed E-state index contributed by atoms with van der Waals surface area (Å²) in [6.07, 6.45) is 3.99. The lowest BCUT2D eigenvalue weighted by atomic mass is 9.96. The quantitative estimate of drug-likeness (QED) is 0.109. The van der Waals surface area contributed by atoms with Crippen molar-refractivity contribution in [1.82, 2.24) is 9.66 Å². The van der Waals surface area contributed by atoms with Crippen molar-refractivity contribution in [2.24, 2.45) is 5.10 Å². The third-order valence-corrected chi connectivity index (χ3v) is 7.80. The summed E-state index contributed by atoms with van der Waals surface area (Å²) in [5, 5.41) is 5.86. The molecular weight excluding hydrogens is 586 g/mol. The molecule has 5 rings (SSSR count). The first-order valence-corrected chi connectivity index (χ1v) is 15.1. The minimum Gasteiger partial charge on any atom is -0.496 e. The Morgan fingerprint density at radius 1 is 1.00 bits per heavy atom. The fourth-order valence-corrected chi connectivity index (χ4v) is 5.34. The number of nitrogens with zero attached hydrogens (tertiary/aromatic N) is 3. The van der Waals surface area contributed by atoms with E-state index in [1.807, 2.05) is 73.7 Å². The highest BCUT2D eigenvalue weighted by Crippen LogP contribution is 2.35. The zero-order valence-corrected chi connectivity index (χ0v) is 26.9. The summed E-state index contributed by atoms with van der Waals surface area (Å²) in [6.45, 7) is 10.4. The molecule has 0 fully saturated rings. The van der Waals surface area contributed by atoms with Gasteiger partial charge >= 0.3 is 0 Å². The smallest absolute Gasteiger partial charge is 0.282 e. The van der Waals surface area contributed by atoms with Crippen molar-refractivity contribution < 1.29 is 14.2 Å². The zero-order valence-electron chi connectivity index (χ0n) is 26.1. The molecule has 7 nitrogen and oxygen atoms in total. The van der Waals surface area contributed by atoms with Crippen molar-refractivity contribution in [3.63, 3.8) is 0 Å². The second-order valence-electron chi connectivity index (χ2n) is 11.0. The van der Waals surface area contributed by atoms with E-state index in [2.05, 4.69) is 20.4 Å². The summed E-state index contributed by atoms with van der Waals surface area (Å²) >= 11 is 6.04. The molecule has 0 saturated carbocycles. The molecule has 0 aliphatic rings. The lowest BCUT2D eigenvalue weighted by Gasteiger charge is -2.17.